The van der Waals surface area contributed by atoms with Crippen molar-refractivity contribution in [2.24, 2.45) is 0 Å². The van der Waals surface area contributed by atoms with Crippen LogP contribution in [0, 0.1) is 12.7 Å². The van der Waals surface area contributed by atoms with Crippen LogP contribution in [0.5, 0.6) is 0 Å². The van der Waals surface area contributed by atoms with Gasteiger partial charge >= 0.3 is 0 Å². The van der Waals surface area contributed by atoms with Crippen LogP contribution in [0.4, 0.5) is 4.39 Å². The first kappa shape index (κ1) is 12.8. The Morgan fingerprint density at radius 2 is 1.83 bits per heavy atom. The topological polar surface area (TPSA) is 17.1 Å². The number of Topliss-reactive ketones (excluding diaryl/α,β-unsaturated/α-hetero) is 1. The Labute approximate surface area is 110 Å². The van der Waals surface area contributed by atoms with Gasteiger partial charge in [0.1, 0.15) is 5.82 Å². The summed E-state index contributed by atoms with van der Waals surface area (Å²) in [7, 11) is 0. The molecule has 0 radical (unpaired) electrons. The van der Waals surface area contributed by atoms with Gasteiger partial charge in [-0.1, -0.05) is 29.8 Å². The van der Waals surface area contributed by atoms with Gasteiger partial charge in [0, 0.05) is 17.0 Å². The van der Waals surface area contributed by atoms with Crippen LogP contribution in [0.25, 0.3) is 0 Å². The monoisotopic (exact) mass is 262 g/mol. The van der Waals surface area contributed by atoms with Crippen molar-refractivity contribution in [1.82, 2.24) is 0 Å². The van der Waals surface area contributed by atoms with E-state index >= 15 is 0 Å². The number of halogens is 2. The van der Waals surface area contributed by atoms with Gasteiger partial charge in [-0.05, 0) is 42.3 Å². The van der Waals surface area contributed by atoms with E-state index in [2.05, 4.69) is 0 Å². The molecule has 0 aromatic heterocycles. The van der Waals surface area contributed by atoms with E-state index in [1.807, 2.05) is 0 Å². The first-order valence-corrected chi connectivity index (χ1v) is 5.98. The third-order valence-corrected chi connectivity index (χ3v) is 3.03. The smallest absolute Gasteiger partial charge is 0.167 e. The molecule has 0 aliphatic rings. The zero-order chi connectivity index (χ0) is 13.1. The predicted molar refractivity (Wildman–Crippen MR) is 70.6 cm³/mol. The number of aryl methyl sites for hydroxylation is 1. The quantitative estimate of drug-likeness (QED) is 0.757. The molecule has 1 nitrogen and oxygen atoms in total. The third kappa shape index (κ3) is 2.96. The Balaban J connectivity index is 2.21. The van der Waals surface area contributed by atoms with Gasteiger partial charge in [-0.3, -0.25) is 4.79 Å². The molecule has 0 fully saturated rings. The summed E-state index contributed by atoms with van der Waals surface area (Å²) in [5.74, 6) is -0.477. The number of carbonyl (C=O) groups is 1. The van der Waals surface area contributed by atoms with Gasteiger partial charge in [-0.2, -0.15) is 0 Å². The highest BCUT2D eigenvalue weighted by Crippen LogP contribution is 2.15. The van der Waals surface area contributed by atoms with Crippen molar-refractivity contribution in [2.75, 3.05) is 0 Å². The third-order valence-electron chi connectivity index (χ3n) is 2.78. The van der Waals surface area contributed by atoms with E-state index in [1.54, 1.807) is 37.3 Å². The Hall–Kier alpha value is -1.67. The van der Waals surface area contributed by atoms with E-state index < -0.39 is 0 Å². The van der Waals surface area contributed by atoms with Crippen LogP contribution < -0.4 is 0 Å². The van der Waals surface area contributed by atoms with E-state index in [0.717, 1.165) is 11.1 Å². The van der Waals surface area contributed by atoms with Crippen LogP contribution in [-0.2, 0) is 6.42 Å². The number of ketones is 1. The minimum Gasteiger partial charge on any atom is -0.294 e. The number of hydrogen-bond acceptors (Lipinski definition) is 1. The van der Waals surface area contributed by atoms with E-state index in [9.17, 15) is 9.18 Å². The molecule has 0 atom stereocenters. The molecule has 0 heterocycles. The fraction of sp³-hybridized carbons (Fsp3) is 0.133. The first-order valence-electron chi connectivity index (χ1n) is 5.60. The molecule has 0 amide bonds. The SMILES string of the molecule is Cc1ccc(F)cc1C(=O)Cc1ccc(Cl)cc1. The zero-order valence-corrected chi connectivity index (χ0v) is 10.7. The highest BCUT2D eigenvalue weighted by atomic mass is 35.5. The minimum absolute atomic E-state index is 0.0886. The molecule has 2 rings (SSSR count). The average molecular weight is 263 g/mol. The second kappa shape index (κ2) is 5.32. The van der Waals surface area contributed by atoms with Gasteiger partial charge in [0.15, 0.2) is 5.78 Å². The van der Waals surface area contributed by atoms with Crippen LogP contribution in [0.1, 0.15) is 21.5 Å². The predicted octanol–water partition coefficient (Wildman–Crippen LogP) is 4.21. The number of rotatable bonds is 3. The molecule has 0 spiro atoms. The minimum atomic E-state index is -0.389. The van der Waals surface area contributed by atoms with Crippen molar-refractivity contribution >= 4 is 17.4 Å². The second-order valence-electron chi connectivity index (χ2n) is 4.19. The Bertz CT molecular complexity index is 576. The fourth-order valence-electron chi connectivity index (χ4n) is 1.78. The average Bonchev–Trinajstić information content (AvgIpc) is 2.35. The molecule has 0 aliphatic heterocycles. The van der Waals surface area contributed by atoms with E-state index in [0.29, 0.717) is 10.6 Å². The molecule has 0 aliphatic carbocycles. The molecule has 0 saturated heterocycles. The number of hydrogen-bond donors (Lipinski definition) is 0. The summed E-state index contributed by atoms with van der Waals surface area (Å²) in [5, 5.41) is 0.633. The molecular formula is C15H12ClFO. The summed E-state index contributed by atoms with van der Waals surface area (Å²) >= 11 is 5.78. The highest BCUT2D eigenvalue weighted by Gasteiger charge is 2.11. The summed E-state index contributed by atoms with van der Waals surface area (Å²) in [6.45, 7) is 1.80. The Morgan fingerprint density at radius 3 is 2.50 bits per heavy atom. The van der Waals surface area contributed by atoms with E-state index in [-0.39, 0.29) is 18.0 Å². The van der Waals surface area contributed by atoms with E-state index in [1.165, 1.54) is 12.1 Å². The maximum absolute atomic E-state index is 13.1. The lowest BCUT2D eigenvalue weighted by Crippen LogP contribution is -2.06. The van der Waals surface area contributed by atoms with Gasteiger partial charge in [-0.15, -0.1) is 0 Å². The van der Waals surface area contributed by atoms with Gasteiger partial charge < -0.3 is 0 Å². The van der Waals surface area contributed by atoms with Crippen molar-refractivity contribution < 1.29 is 9.18 Å². The molecule has 3 heteroatoms. The summed E-state index contributed by atoms with van der Waals surface area (Å²) in [6, 6.07) is 11.3. The first-order chi connectivity index (χ1) is 8.56. The fourth-order valence-corrected chi connectivity index (χ4v) is 1.90. The standard InChI is InChI=1S/C15H12ClFO/c1-10-2-7-13(17)9-14(10)15(18)8-11-3-5-12(16)6-4-11/h2-7,9H,8H2,1H3. The number of benzene rings is 2. The normalized spacial score (nSPS) is 10.4. The lowest BCUT2D eigenvalue weighted by molar-refractivity contribution is 0.0992. The van der Waals surface area contributed by atoms with Crippen molar-refractivity contribution in [1.29, 1.82) is 0 Å². The molecule has 0 N–H and O–H groups in total. The maximum atomic E-state index is 13.1. The largest absolute Gasteiger partial charge is 0.294 e. The van der Waals surface area contributed by atoms with Gasteiger partial charge in [-0.25, -0.2) is 4.39 Å². The van der Waals surface area contributed by atoms with Gasteiger partial charge in [0.25, 0.3) is 0 Å². The van der Waals surface area contributed by atoms with Crippen molar-refractivity contribution in [3.05, 3.63) is 70.0 Å². The Morgan fingerprint density at radius 1 is 1.17 bits per heavy atom. The van der Waals surface area contributed by atoms with Crippen molar-refractivity contribution in [3.63, 3.8) is 0 Å². The highest BCUT2D eigenvalue weighted by molar-refractivity contribution is 6.30. The van der Waals surface area contributed by atoms with Crippen LogP contribution in [0.2, 0.25) is 5.02 Å². The van der Waals surface area contributed by atoms with Crippen LogP contribution in [-0.4, -0.2) is 5.78 Å². The molecule has 18 heavy (non-hydrogen) atoms. The van der Waals surface area contributed by atoms with Gasteiger partial charge in [0.2, 0.25) is 0 Å². The molecule has 0 saturated carbocycles. The molecule has 2 aromatic carbocycles. The Kier molecular flexibility index (Phi) is 3.78. The van der Waals surface area contributed by atoms with Crippen molar-refractivity contribution in [2.45, 2.75) is 13.3 Å². The van der Waals surface area contributed by atoms with Gasteiger partial charge in [0.05, 0.1) is 0 Å². The van der Waals surface area contributed by atoms with Crippen LogP contribution in [0.3, 0.4) is 0 Å². The zero-order valence-electron chi connectivity index (χ0n) is 9.91. The van der Waals surface area contributed by atoms with Crippen molar-refractivity contribution in [3.8, 4) is 0 Å². The maximum Gasteiger partial charge on any atom is 0.167 e. The molecule has 0 bridgehead atoms. The summed E-state index contributed by atoms with van der Waals surface area (Å²) in [5.41, 5.74) is 2.09. The lowest BCUT2D eigenvalue weighted by Gasteiger charge is -2.05. The molecule has 0 unspecified atom stereocenters. The summed E-state index contributed by atoms with van der Waals surface area (Å²) in [6.07, 6.45) is 0.251. The molecule has 92 valence electrons. The molecule has 2 aromatic rings. The lowest BCUT2D eigenvalue weighted by atomic mass is 9.99. The van der Waals surface area contributed by atoms with E-state index in [4.69, 9.17) is 11.6 Å². The second-order valence-corrected chi connectivity index (χ2v) is 4.62. The molecular weight excluding hydrogens is 251 g/mol. The number of carbonyl (C=O) groups excluding carboxylic acids is 1. The van der Waals surface area contributed by atoms with Crippen LogP contribution >= 0.6 is 11.6 Å². The van der Waals surface area contributed by atoms with Crippen LogP contribution in [0.15, 0.2) is 42.5 Å². The summed E-state index contributed by atoms with van der Waals surface area (Å²) in [4.78, 5) is 12.1. The summed E-state index contributed by atoms with van der Waals surface area (Å²) < 4.78 is 13.1.